The molecule has 0 unspecified atom stereocenters. The van der Waals surface area contributed by atoms with Gasteiger partial charge in [-0.3, -0.25) is 0 Å². The van der Waals surface area contributed by atoms with Crippen LogP contribution < -0.4 is 11.3 Å². The Kier molecular flexibility index (Phi) is 3.58. The van der Waals surface area contributed by atoms with E-state index in [0.29, 0.717) is 16.0 Å². The van der Waals surface area contributed by atoms with Gasteiger partial charge in [0.25, 0.3) is 0 Å². The highest BCUT2D eigenvalue weighted by Gasteiger charge is 2.02. The van der Waals surface area contributed by atoms with Gasteiger partial charge in [0.1, 0.15) is 5.02 Å². The predicted molar refractivity (Wildman–Crippen MR) is 51.3 cm³/mol. The Morgan fingerprint density at radius 2 is 2.50 bits per heavy atom. The molecule has 1 rings (SSSR count). The Labute approximate surface area is 79.9 Å². The first kappa shape index (κ1) is 9.57. The van der Waals surface area contributed by atoms with Crippen LogP contribution in [0.25, 0.3) is 0 Å². The standard InChI is InChI=1S/C6H9ClN4S/c1-2-12-6-9-3-4(7)5(10-6)11-8/h3H,2,8H2,1H3,(H,9,10,11). The molecule has 66 valence electrons. The van der Waals surface area contributed by atoms with E-state index in [1.807, 2.05) is 6.92 Å². The summed E-state index contributed by atoms with van der Waals surface area (Å²) < 4.78 is 0. The molecule has 0 atom stereocenters. The SMILES string of the molecule is CCSc1ncc(Cl)c(NN)n1. The minimum absolute atomic E-state index is 0.429. The highest BCUT2D eigenvalue weighted by Crippen LogP contribution is 2.20. The van der Waals surface area contributed by atoms with E-state index in [0.717, 1.165) is 5.75 Å². The van der Waals surface area contributed by atoms with E-state index in [4.69, 9.17) is 17.4 Å². The molecule has 3 N–H and O–H groups in total. The van der Waals surface area contributed by atoms with Crippen LogP contribution in [0.1, 0.15) is 6.92 Å². The second-order valence-electron chi connectivity index (χ2n) is 1.93. The first-order valence-corrected chi connectivity index (χ1v) is 4.76. The molecule has 0 bridgehead atoms. The molecular weight excluding hydrogens is 196 g/mol. The Hall–Kier alpha value is -0.520. The van der Waals surface area contributed by atoms with Crippen molar-refractivity contribution in [3.63, 3.8) is 0 Å². The average Bonchev–Trinajstić information content (AvgIpc) is 2.09. The zero-order chi connectivity index (χ0) is 8.97. The van der Waals surface area contributed by atoms with E-state index in [2.05, 4.69) is 15.4 Å². The number of nitrogen functional groups attached to an aromatic ring is 1. The van der Waals surface area contributed by atoms with Crippen LogP contribution in [0.4, 0.5) is 5.82 Å². The van der Waals surface area contributed by atoms with Crippen LogP contribution in [0.2, 0.25) is 5.02 Å². The summed E-state index contributed by atoms with van der Waals surface area (Å²) in [7, 11) is 0. The van der Waals surface area contributed by atoms with Gasteiger partial charge in [-0.2, -0.15) is 0 Å². The Morgan fingerprint density at radius 1 is 1.75 bits per heavy atom. The normalized spacial score (nSPS) is 9.92. The maximum atomic E-state index is 5.72. The maximum absolute atomic E-state index is 5.72. The zero-order valence-corrected chi connectivity index (χ0v) is 8.11. The number of anilines is 1. The molecule has 0 saturated carbocycles. The van der Waals surface area contributed by atoms with Gasteiger partial charge in [0, 0.05) is 0 Å². The highest BCUT2D eigenvalue weighted by molar-refractivity contribution is 7.99. The van der Waals surface area contributed by atoms with E-state index < -0.39 is 0 Å². The van der Waals surface area contributed by atoms with Crippen molar-refractivity contribution in [3.8, 4) is 0 Å². The molecule has 0 aliphatic rings. The lowest BCUT2D eigenvalue weighted by atomic mass is 10.6. The van der Waals surface area contributed by atoms with Crippen LogP contribution in [0.15, 0.2) is 11.4 Å². The highest BCUT2D eigenvalue weighted by atomic mass is 35.5. The lowest BCUT2D eigenvalue weighted by Crippen LogP contribution is -2.09. The van der Waals surface area contributed by atoms with Crippen molar-refractivity contribution < 1.29 is 0 Å². The molecule has 12 heavy (non-hydrogen) atoms. The number of thioether (sulfide) groups is 1. The third-order valence-corrected chi connectivity index (χ3v) is 2.15. The summed E-state index contributed by atoms with van der Waals surface area (Å²) in [6, 6.07) is 0. The molecule has 6 heteroatoms. The first-order valence-electron chi connectivity index (χ1n) is 3.40. The molecule has 1 heterocycles. The average molecular weight is 205 g/mol. The number of nitrogens with zero attached hydrogens (tertiary/aromatic N) is 2. The molecule has 4 nitrogen and oxygen atoms in total. The summed E-state index contributed by atoms with van der Waals surface area (Å²) in [4.78, 5) is 8.07. The van der Waals surface area contributed by atoms with Crippen LogP contribution >= 0.6 is 23.4 Å². The van der Waals surface area contributed by atoms with Crippen molar-refractivity contribution in [1.82, 2.24) is 9.97 Å². The summed E-state index contributed by atoms with van der Waals surface area (Å²) in [5, 5.41) is 1.10. The lowest BCUT2D eigenvalue weighted by molar-refractivity contribution is 0.964. The van der Waals surface area contributed by atoms with Gasteiger partial charge in [-0.05, 0) is 5.75 Å². The monoisotopic (exact) mass is 204 g/mol. The van der Waals surface area contributed by atoms with E-state index >= 15 is 0 Å². The fourth-order valence-corrected chi connectivity index (χ4v) is 1.34. The number of rotatable bonds is 3. The van der Waals surface area contributed by atoms with Crippen molar-refractivity contribution >= 4 is 29.2 Å². The second kappa shape index (κ2) is 4.49. The van der Waals surface area contributed by atoms with E-state index in [1.54, 1.807) is 0 Å². The Morgan fingerprint density at radius 3 is 3.08 bits per heavy atom. The van der Waals surface area contributed by atoms with Gasteiger partial charge in [0.2, 0.25) is 0 Å². The molecule has 0 aliphatic carbocycles. The van der Waals surface area contributed by atoms with Crippen molar-refractivity contribution in [2.45, 2.75) is 12.1 Å². The summed E-state index contributed by atoms with van der Waals surface area (Å²) >= 11 is 7.26. The minimum atomic E-state index is 0.429. The second-order valence-corrected chi connectivity index (χ2v) is 3.56. The summed E-state index contributed by atoms with van der Waals surface area (Å²) in [5.41, 5.74) is 2.40. The minimum Gasteiger partial charge on any atom is -0.307 e. The third-order valence-electron chi connectivity index (χ3n) is 1.13. The smallest absolute Gasteiger partial charge is 0.189 e. The largest absolute Gasteiger partial charge is 0.307 e. The Balaban J connectivity index is 2.89. The quantitative estimate of drug-likeness (QED) is 0.338. The fourth-order valence-electron chi connectivity index (χ4n) is 0.651. The van der Waals surface area contributed by atoms with E-state index in [1.165, 1.54) is 18.0 Å². The summed E-state index contributed by atoms with van der Waals surface area (Å²) in [6.45, 7) is 2.03. The maximum Gasteiger partial charge on any atom is 0.189 e. The fraction of sp³-hybridized carbons (Fsp3) is 0.333. The van der Waals surface area contributed by atoms with E-state index in [-0.39, 0.29) is 0 Å². The number of halogens is 1. The third kappa shape index (κ3) is 2.23. The molecule has 1 aromatic rings. The van der Waals surface area contributed by atoms with Gasteiger partial charge in [-0.15, -0.1) is 0 Å². The molecule has 0 aliphatic heterocycles. The molecular formula is C6H9ClN4S. The molecule has 0 radical (unpaired) electrons. The Bertz CT molecular complexity index is 268. The van der Waals surface area contributed by atoms with Gasteiger partial charge in [-0.1, -0.05) is 30.3 Å². The number of hydrazine groups is 1. The van der Waals surface area contributed by atoms with Crippen LogP contribution in [-0.4, -0.2) is 15.7 Å². The first-order chi connectivity index (χ1) is 5.77. The van der Waals surface area contributed by atoms with Crippen molar-refractivity contribution in [3.05, 3.63) is 11.2 Å². The van der Waals surface area contributed by atoms with Crippen LogP contribution in [0.3, 0.4) is 0 Å². The van der Waals surface area contributed by atoms with Gasteiger partial charge in [0.15, 0.2) is 11.0 Å². The van der Waals surface area contributed by atoms with Crippen LogP contribution in [0, 0.1) is 0 Å². The number of nitrogens with one attached hydrogen (secondary N) is 1. The van der Waals surface area contributed by atoms with Gasteiger partial charge in [0.05, 0.1) is 6.20 Å². The number of hydrogen-bond donors (Lipinski definition) is 2. The predicted octanol–water partition coefficient (Wildman–Crippen LogP) is 1.53. The summed E-state index contributed by atoms with van der Waals surface area (Å²) in [5.74, 6) is 6.56. The number of aromatic nitrogens is 2. The van der Waals surface area contributed by atoms with Gasteiger partial charge >= 0.3 is 0 Å². The topological polar surface area (TPSA) is 63.8 Å². The van der Waals surface area contributed by atoms with Crippen molar-refractivity contribution in [2.75, 3.05) is 11.2 Å². The molecule has 0 saturated heterocycles. The zero-order valence-electron chi connectivity index (χ0n) is 6.54. The van der Waals surface area contributed by atoms with E-state index in [9.17, 15) is 0 Å². The van der Waals surface area contributed by atoms with Crippen molar-refractivity contribution in [1.29, 1.82) is 0 Å². The van der Waals surface area contributed by atoms with Crippen LogP contribution in [0.5, 0.6) is 0 Å². The molecule has 0 aromatic carbocycles. The number of hydrogen-bond acceptors (Lipinski definition) is 5. The molecule has 1 aromatic heterocycles. The van der Waals surface area contributed by atoms with Crippen LogP contribution in [-0.2, 0) is 0 Å². The summed E-state index contributed by atoms with van der Waals surface area (Å²) in [6.07, 6.45) is 1.53. The lowest BCUT2D eigenvalue weighted by Gasteiger charge is -2.02. The van der Waals surface area contributed by atoms with Crippen molar-refractivity contribution in [2.24, 2.45) is 5.84 Å². The van der Waals surface area contributed by atoms with Gasteiger partial charge < -0.3 is 5.43 Å². The molecule has 0 amide bonds. The molecule has 0 fully saturated rings. The molecule has 0 spiro atoms. The van der Waals surface area contributed by atoms with Gasteiger partial charge in [-0.25, -0.2) is 15.8 Å². The number of nitrogens with two attached hydrogens (primary N) is 1.